The molecule has 0 aromatic carbocycles. The van der Waals surface area contributed by atoms with Gasteiger partial charge in [-0.15, -0.1) is 0 Å². The molecule has 0 saturated heterocycles. The molecule has 1 atom stereocenters. The Kier molecular flexibility index (Phi) is 11.2. The molecule has 0 amide bonds. The molecule has 0 aromatic rings. The van der Waals surface area contributed by atoms with Crippen LogP contribution in [0.5, 0.6) is 0 Å². The molecule has 0 aliphatic heterocycles. The first-order valence-electron chi connectivity index (χ1n) is 6.12. The molecule has 1 unspecified atom stereocenters. The molecule has 0 fully saturated rings. The number of alkyl halides is 4. The van der Waals surface area contributed by atoms with Crippen LogP contribution in [0.4, 0.5) is 17.6 Å². The van der Waals surface area contributed by atoms with Gasteiger partial charge in [0.25, 0.3) is 0 Å². The van der Waals surface area contributed by atoms with E-state index in [0.29, 0.717) is 12.8 Å². The molecular weight excluding hydrogens is 247 g/mol. The van der Waals surface area contributed by atoms with Gasteiger partial charge in [-0.25, -0.2) is 0 Å². The maximum atomic E-state index is 12.5. The number of halogens is 4. The van der Waals surface area contributed by atoms with Crippen molar-refractivity contribution >= 4 is 49.0 Å². The molecule has 0 nitrogen and oxygen atoms in total. The summed E-state index contributed by atoms with van der Waals surface area (Å²) in [6, 6.07) is 0. The van der Waals surface area contributed by atoms with Crippen molar-refractivity contribution in [3.63, 3.8) is 0 Å². The summed E-state index contributed by atoms with van der Waals surface area (Å²) in [6.45, 7) is 0. The van der Waals surface area contributed by atoms with Crippen molar-refractivity contribution in [1.29, 1.82) is 0 Å². The Morgan fingerprint density at radius 3 is 1.69 bits per heavy atom. The first-order chi connectivity index (χ1) is 7.42. The Labute approximate surface area is 129 Å². The van der Waals surface area contributed by atoms with Gasteiger partial charge in [0.05, 0.1) is 0 Å². The van der Waals surface area contributed by atoms with Gasteiger partial charge >= 0.3 is 131 Å². The number of rotatable bonds is 9. The zero-order valence-electron chi connectivity index (χ0n) is 9.95. The molecule has 0 aliphatic rings. The molecule has 0 radical (unpaired) electrons. The molecule has 0 spiro atoms. The summed E-state index contributed by atoms with van der Waals surface area (Å²) in [6.07, 6.45) is 1.80. The molecule has 0 aliphatic carbocycles. The normalized spacial score (nSPS) is 14.1. The van der Waals surface area contributed by atoms with E-state index in [2.05, 4.69) is 0 Å². The van der Waals surface area contributed by atoms with Crippen LogP contribution in [0.15, 0.2) is 0 Å². The summed E-state index contributed by atoms with van der Waals surface area (Å²) in [4.78, 5) is 0. The van der Waals surface area contributed by atoms with Gasteiger partial charge in [-0.2, -0.15) is 0 Å². The van der Waals surface area contributed by atoms with Crippen molar-refractivity contribution in [2.45, 2.75) is 64.2 Å². The maximum absolute atomic E-state index is 12.5. The second kappa shape index (κ2) is 10.3. The topological polar surface area (TPSA) is 0 Å². The monoisotopic (exact) mass is 266 g/mol. The molecule has 0 bridgehead atoms. The summed E-state index contributed by atoms with van der Waals surface area (Å²) in [5.74, 6) is 0. The second-order valence-corrected chi connectivity index (χ2v) is 6.37. The van der Waals surface area contributed by atoms with Gasteiger partial charge in [-0.1, -0.05) is 0 Å². The van der Waals surface area contributed by atoms with Crippen LogP contribution in [0.25, 0.3) is 0 Å². The molecule has 0 N–H and O–H groups in total. The molecule has 5 heteroatoms. The fraction of sp³-hybridized carbons (Fsp3) is 1.00. The molecule has 0 saturated carbocycles. The SMILES string of the molecule is F[CH]([K])CCCCCCCCCC(F)(F)F. The predicted molar refractivity (Wildman–Crippen MR) is 58.3 cm³/mol. The molecule has 0 aromatic heterocycles. The van der Waals surface area contributed by atoms with E-state index in [1.165, 1.54) is 0 Å². The van der Waals surface area contributed by atoms with Crippen LogP contribution in [0.3, 0.4) is 0 Å². The van der Waals surface area contributed by atoms with E-state index in [9.17, 15) is 17.6 Å². The first kappa shape index (κ1) is 17.4. The van der Waals surface area contributed by atoms with Crippen LogP contribution < -0.4 is 0 Å². The third-order valence-corrected chi connectivity index (χ3v) is 3.46. The number of hydrogen-bond donors (Lipinski definition) is 0. The van der Waals surface area contributed by atoms with E-state index < -0.39 is 12.9 Å². The first-order valence-corrected chi connectivity index (χ1v) is 7.93. The summed E-state index contributed by atoms with van der Waals surface area (Å²) >= 11 is 0.282. The number of hydrogen-bond acceptors (Lipinski definition) is 0. The van der Waals surface area contributed by atoms with Crippen molar-refractivity contribution in [2.24, 2.45) is 0 Å². The van der Waals surface area contributed by atoms with Crippen molar-refractivity contribution < 1.29 is 17.6 Å². The van der Waals surface area contributed by atoms with Gasteiger partial charge in [0.2, 0.25) is 0 Å². The summed E-state index contributed by atoms with van der Waals surface area (Å²) < 4.78 is 47.3. The van der Waals surface area contributed by atoms with Crippen LogP contribution in [0.1, 0.15) is 57.8 Å². The van der Waals surface area contributed by atoms with Crippen molar-refractivity contribution in [2.75, 3.05) is 0 Å². The van der Waals surface area contributed by atoms with Gasteiger partial charge in [-0.05, 0) is 0 Å². The van der Waals surface area contributed by atoms with Crippen LogP contribution >= 0.6 is 0 Å². The fourth-order valence-electron chi connectivity index (χ4n) is 1.63. The molecular formula is C11H19F4K. The molecule has 16 heavy (non-hydrogen) atoms. The Morgan fingerprint density at radius 2 is 1.25 bits per heavy atom. The summed E-state index contributed by atoms with van der Waals surface area (Å²) in [5, 5.41) is 0. The van der Waals surface area contributed by atoms with E-state index in [1.807, 2.05) is 0 Å². The van der Waals surface area contributed by atoms with Gasteiger partial charge in [0.15, 0.2) is 0 Å². The minimum atomic E-state index is -4.00. The van der Waals surface area contributed by atoms with Gasteiger partial charge in [0, 0.05) is 0 Å². The Balaban J connectivity index is 3.05. The zero-order chi connectivity index (χ0) is 12.4. The van der Waals surface area contributed by atoms with Crippen LogP contribution in [0.2, 0.25) is 0 Å². The summed E-state index contributed by atoms with van der Waals surface area (Å²) in [5.41, 5.74) is 0. The van der Waals surface area contributed by atoms with Crippen LogP contribution in [-0.2, 0) is 0 Å². The Bertz CT molecular complexity index is 157. The van der Waals surface area contributed by atoms with E-state index in [1.54, 1.807) is 0 Å². The van der Waals surface area contributed by atoms with Crippen LogP contribution in [-0.4, -0.2) is 55.4 Å². The van der Waals surface area contributed by atoms with Gasteiger partial charge in [0.1, 0.15) is 0 Å². The number of unbranched alkanes of at least 4 members (excludes halogenated alkanes) is 6. The van der Waals surface area contributed by atoms with E-state index in [0.717, 1.165) is 32.1 Å². The molecule has 0 heterocycles. The standard InChI is InChI=1S/C11H19F4.K/c12-10-8-6-4-2-1-3-5-7-9-11(13,14)15;/h10H,1-9H2;. The van der Waals surface area contributed by atoms with Crippen molar-refractivity contribution in [1.82, 2.24) is 0 Å². The quantitative estimate of drug-likeness (QED) is 0.327. The molecule has 92 valence electrons. The van der Waals surface area contributed by atoms with E-state index >= 15 is 0 Å². The van der Waals surface area contributed by atoms with Crippen LogP contribution in [0, 0.1) is 0 Å². The van der Waals surface area contributed by atoms with Crippen molar-refractivity contribution in [3.05, 3.63) is 0 Å². The Morgan fingerprint density at radius 1 is 0.812 bits per heavy atom. The van der Waals surface area contributed by atoms with Gasteiger partial charge in [-0.3, -0.25) is 0 Å². The zero-order valence-corrected chi connectivity index (χ0v) is 13.1. The predicted octanol–water partition coefficient (Wildman–Crippen LogP) is 4.52. The average Bonchev–Trinajstić information content (AvgIpc) is 2.13. The van der Waals surface area contributed by atoms with Gasteiger partial charge < -0.3 is 0 Å². The fourth-order valence-corrected chi connectivity index (χ4v) is 2.27. The second-order valence-electron chi connectivity index (χ2n) is 4.41. The average molecular weight is 266 g/mol. The van der Waals surface area contributed by atoms with E-state index in [-0.39, 0.29) is 55.4 Å². The third-order valence-electron chi connectivity index (χ3n) is 2.56. The minimum absolute atomic E-state index is 0.249. The van der Waals surface area contributed by atoms with E-state index in [4.69, 9.17) is 0 Å². The summed E-state index contributed by atoms with van der Waals surface area (Å²) in [7, 11) is 0. The molecule has 0 rings (SSSR count). The Hall–Kier alpha value is 1.36. The third kappa shape index (κ3) is 15.4. The van der Waals surface area contributed by atoms with Crippen molar-refractivity contribution in [3.8, 4) is 0 Å².